The molecule has 3 aliphatic carbocycles. The molecule has 0 bridgehead atoms. The van der Waals surface area contributed by atoms with Crippen LogP contribution in [0.5, 0.6) is 5.75 Å². The Hall–Kier alpha value is -4.19. The summed E-state index contributed by atoms with van der Waals surface area (Å²) < 4.78 is 11.7. The number of hydrogen-bond donors (Lipinski definition) is 3. The van der Waals surface area contributed by atoms with E-state index in [2.05, 4.69) is 0 Å². The number of likely N-dealkylation sites (N-methyl/N-ethyl adjacent to an activating group) is 1. The summed E-state index contributed by atoms with van der Waals surface area (Å²) in [6.07, 6.45) is 1.99. The quantitative estimate of drug-likeness (QED) is 0.229. The number of Topliss-reactive ketones (excluding diaryl/α,β-unsaturated/α-hetero) is 2. The molecular formula is C31H39N3O9. The maximum atomic E-state index is 14.7. The van der Waals surface area contributed by atoms with Crippen LogP contribution in [-0.2, 0) is 35.1 Å². The lowest BCUT2D eigenvalue weighted by Crippen LogP contribution is -2.67. The number of ketones is 2. The van der Waals surface area contributed by atoms with Gasteiger partial charge in [-0.2, -0.15) is 0 Å². The minimum atomic E-state index is -2.50. The highest BCUT2D eigenvalue weighted by Gasteiger charge is 2.67. The van der Waals surface area contributed by atoms with Crippen molar-refractivity contribution in [2.75, 3.05) is 39.7 Å². The van der Waals surface area contributed by atoms with Gasteiger partial charge in [-0.15, -0.1) is 0 Å². The second-order valence-corrected chi connectivity index (χ2v) is 11.7. The van der Waals surface area contributed by atoms with Crippen molar-refractivity contribution in [2.45, 2.75) is 58.1 Å². The number of aliphatic hydroxyl groups is 2. The fourth-order valence-electron chi connectivity index (χ4n) is 6.66. The Morgan fingerprint density at radius 3 is 2.33 bits per heavy atom. The lowest BCUT2D eigenvalue weighted by Gasteiger charge is -2.51. The zero-order chi connectivity index (χ0) is 32.0. The molecule has 1 saturated carbocycles. The molecule has 12 nitrogen and oxygen atoms in total. The first kappa shape index (κ1) is 31.7. The van der Waals surface area contributed by atoms with Crippen LogP contribution < -0.4 is 15.0 Å². The van der Waals surface area contributed by atoms with Crippen LogP contribution in [-0.4, -0.2) is 90.9 Å². The molecule has 0 saturated heterocycles. The van der Waals surface area contributed by atoms with Gasteiger partial charge in [0.15, 0.2) is 11.5 Å². The number of carbonyl (C=O) groups excluding carboxylic acids is 5. The Balaban J connectivity index is 2.03. The number of nitrogens with zero attached hydrogens (tertiary/aromatic N) is 2. The molecule has 1 fully saturated rings. The molecule has 4 unspecified atom stereocenters. The van der Waals surface area contributed by atoms with Gasteiger partial charge in [0.2, 0.25) is 17.3 Å². The van der Waals surface area contributed by atoms with Crippen molar-refractivity contribution < 1.29 is 43.7 Å². The van der Waals surface area contributed by atoms with Gasteiger partial charge in [-0.25, -0.2) is 0 Å². The Kier molecular flexibility index (Phi) is 8.73. The number of hydrogen-bond acceptors (Lipinski definition) is 11. The molecule has 3 N–H and O–H groups in total. The molecule has 0 aliphatic heterocycles. The van der Waals surface area contributed by atoms with Crippen molar-refractivity contribution in [3.8, 4) is 5.75 Å². The second kappa shape index (κ2) is 11.8. The average Bonchev–Trinajstić information content (AvgIpc) is 2.89. The van der Waals surface area contributed by atoms with Crippen LogP contribution in [0.25, 0.3) is 5.76 Å². The van der Waals surface area contributed by atoms with E-state index in [1.54, 1.807) is 20.2 Å². The van der Waals surface area contributed by atoms with Crippen LogP contribution in [0.1, 0.15) is 51.2 Å². The normalized spacial score (nSPS) is 24.7. The SMILES string of the molecule is CCCCOc1ccc(N(C)C)c2c1C(O)=C1C(=O)C3(OC(C)=O)C(O)=C(C(=O)NC(C)=O)C(=O)C(N(C)C)C3CC1C2. The molecule has 4 atom stereocenters. The van der Waals surface area contributed by atoms with Gasteiger partial charge in [-0.1, -0.05) is 13.3 Å². The first-order chi connectivity index (χ1) is 20.2. The van der Waals surface area contributed by atoms with Gasteiger partial charge in [-0.3, -0.25) is 34.2 Å². The van der Waals surface area contributed by atoms with Crippen molar-refractivity contribution in [1.29, 1.82) is 0 Å². The van der Waals surface area contributed by atoms with E-state index in [0.717, 1.165) is 37.9 Å². The number of nitrogens with one attached hydrogen (secondary N) is 1. The Labute approximate surface area is 250 Å². The number of rotatable bonds is 8. The summed E-state index contributed by atoms with van der Waals surface area (Å²) in [6.45, 7) is 4.50. The molecule has 4 rings (SSSR count). The zero-order valence-corrected chi connectivity index (χ0v) is 25.6. The van der Waals surface area contributed by atoms with Crippen molar-refractivity contribution in [1.82, 2.24) is 10.2 Å². The largest absolute Gasteiger partial charge is 0.507 e. The van der Waals surface area contributed by atoms with Crippen molar-refractivity contribution in [3.63, 3.8) is 0 Å². The number of anilines is 1. The van der Waals surface area contributed by atoms with Gasteiger partial charge in [-0.05, 0) is 57.0 Å². The van der Waals surface area contributed by atoms with Crippen molar-refractivity contribution in [3.05, 3.63) is 40.2 Å². The maximum Gasteiger partial charge on any atom is 0.304 e. The van der Waals surface area contributed by atoms with Crippen LogP contribution in [0.15, 0.2) is 29.0 Å². The number of benzene rings is 1. The van der Waals surface area contributed by atoms with E-state index in [1.807, 2.05) is 37.3 Å². The highest BCUT2D eigenvalue weighted by Crippen LogP contribution is 2.55. The number of esters is 1. The smallest absolute Gasteiger partial charge is 0.304 e. The third-order valence-electron chi connectivity index (χ3n) is 8.34. The van der Waals surface area contributed by atoms with Crippen LogP contribution in [0, 0.1) is 11.8 Å². The Bertz CT molecular complexity index is 1460. The van der Waals surface area contributed by atoms with E-state index in [9.17, 15) is 34.2 Å². The van der Waals surface area contributed by atoms with Gasteiger partial charge in [0.1, 0.15) is 17.1 Å². The first-order valence-corrected chi connectivity index (χ1v) is 14.3. The molecule has 43 heavy (non-hydrogen) atoms. The summed E-state index contributed by atoms with van der Waals surface area (Å²) in [6, 6.07) is 2.42. The predicted octanol–water partition coefficient (Wildman–Crippen LogP) is 2.25. The van der Waals surface area contributed by atoms with Gasteiger partial charge in [0.25, 0.3) is 5.91 Å². The zero-order valence-electron chi connectivity index (χ0n) is 25.6. The van der Waals surface area contributed by atoms with Gasteiger partial charge in [0.05, 0.1) is 18.2 Å². The Morgan fingerprint density at radius 1 is 1.09 bits per heavy atom. The lowest BCUT2D eigenvalue weighted by molar-refractivity contribution is -0.179. The predicted molar refractivity (Wildman–Crippen MR) is 156 cm³/mol. The van der Waals surface area contributed by atoms with Crippen molar-refractivity contribution >= 4 is 40.8 Å². The average molecular weight is 598 g/mol. The van der Waals surface area contributed by atoms with Crippen LogP contribution in [0.2, 0.25) is 0 Å². The number of aliphatic hydroxyl groups excluding tert-OH is 2. The number of ether oxygens (including phenoxy) is 2. The molecule has 2 amide bonds. The highest BCUT2D eigenvalue weighted by molar-refractivity contribution is 6.27. The third-order valence-corrected chi connectivity index (χ3v) is 8.34. The minimum absolute atomic E-state index is 0.0475. The summed E-state index contributed by atoms with van der Waals surface area (Å²) in [7, 11) is 6.86. The molecular weight excluding hydrogens is 558 g/mol. The topological polar surface area (TPSA) is 163 Å². The minimum Gasteiger partial charge on any atom is -0.507 e. The fraction of sp³-hybridized carbons (Fsp3) is 0.516. The van der Waals surface area contributed by atoms with Crippen LogP contribution >= 0.6 is 0 Å². The summed E-state index contributed by atoms with van der Waals surface area (Å²) in [5, 5.41) is 25.4. The maximum absolute atomic E-state index is 14.7. The van der Waals surface area contributed by atoms with E-state index in [-0.39, 0.29) is 17.8 Å². The first-order valence-electron chi connectivity index (χ1n) is 14.3. The highest BCUT2D eigenvalue weighted by atomic mass is 16.6. The summed E-state index contributed by atoms with van der Waals surface area (Å²) in [5.41, 5.74) is -1.56. The van der Waals surface area contributed by atoms with E-state index in [1.165, 1.54) is 4.90 Å². The number of imide groups is 1. The van der Waals surface area contributed by atoms with E-state index in [4.69, 9.17) is 9.47 Å². The fourth-order valence-corrected chi connectivity index (χ4v) is 6.66. The van der Waals surface area contributed by atoms with E-state index < -0.39 is 64.2 Å². The molecule has 0 radical (unpaired) electrons. The van der Waals surface area contributed by atoms with Crippen LogP contribution in [0.3, 0.4) is 0 Å². The Morgan fingerprint density at radius 2 is 1.77 bits per heavy atom. The molecule has 3 aliphatic rings. The molecule has 0 aromatic heterocycles. The number of carbonyl (C=O) groups is 5. The van der Waals surface area contributed by atoms with Gasteiger partial charge < -0.3 is 24.6 Å². The standard InChI is InChI=1S/C31H39N3O9/c1-8-9-12-42-21-11-10-20(33(4)5)18-13-17-14-19-25(34(6)7)27(38)24(30(41)32-15(2)35)29(40)31(19,43-16(3)36)28(39)22(17)26(37)23(18)21/h10-11,17,19,25,37,40H,8-9,12-14H2,1-7H3,(H,32,35,41). The molecule has 1 aromatic rings. The van der Waals surface area contributed by atoms with Gasteiger partial charge in [0, 0.05) is 45.1 Å². The number of fused-ring (bicyclic) bond motifs is 3. The molecule has 232 valence electrons. The molecule has 12 heteroatoms. The number of amides is 2. The molecule has 0 heterocycles. The molecule has 0 spiro atoms. The summed E-state index contributed by atoms with van der Waals surface area (Å²) >= 11 is 0. The van der Waals surface area contributed by atoms with E-state index >= 15 is 0 Å². The lowest BCUT2D eigenvalue weighted by atomic mass is 9.57. The summed E-state index contributed by atoms with van der Waals surface area (Å²) in [5.74, 6) is -7.53. The van der Waals surface area contributed by atoms with Crippen LogP contribution in [0.4, 0.5) is 5.69 Å². The third kappa shape index (κ3) is 5.17. The molecule has 1 aromatic carbocycles. The van der Waals surface area contributed by atoms with E-state index in [0.29, 0.717) is 24.3 Å². The van der Waals surface area contributed by atoms with Crippen molar-refractivity contribution in [2.24, 2.45) is 11.8 Å². The number of unbranched alkanes of at least 4 members (excludes halogenated alkanes) is 1. The monoisotopic (exact) mass is 597 g/mol. The summed E-state index contributed by atoms with van der Waals surface area (Å²) in [4.78, 5) is 69.1. The second-order valence-electron chi connectivity index (χ2n) is 11.7. The van der Waals surface area contributed by atoms with Gasteiger partial charge >= 0.3 is 5.97 Å².